The number of rotatable bonds is 3. The highest BCUT2D eigenvalue weighted by molar-refractivity contribution is 7.89. The number of halogens is 1. The van der Waals surface area contributed by atoms with Crippen LogP contribution in [0.15, 0.2) is 27.6 Å². The molecule has 0 saturated carbocycles. The van der Waals surface area contributed by atoms with Gasteiger partial charge in [-0.15, -0.1) is 0 Å². The van der Waals surface area contributed by atoms with Crippen molar-refractivity contribution in [2.24, 2.45) is 0 Å². The minimum atomic E-state index is -3.64. The quantitative estimate of drug-likeness (QED) is 0.863. The first-order valence-corrected chi connectivity index (χ1v) is 8.38. The van der Waals surface area contributed by atoms with Gasteiger partial charge in [-0.1, -0.05) is 5.16 Å². The molecule has 0 N–H and O–H groups in total. The highest BCUT2D eigenvalue weighted by Gasteiger charge is 2.36. The lowest BCUT2D eigenvalue weighted by Crippen LogP contribution is -2.29. The molecule has 1 fully saturated rings. The molecular weight excluding hydrogens is 309 g/mol. The van der Waals surface area contributed by atoms with Crippen molar-refractivity contribution in [1.82, 2.24) is 14.4 Å². The molecule has 1 saturated heterocycles. The van der Waals surface area contributed by atoms with Crippen LogP contribution in [0.5, 0.6) is 0 Å². The summed E-state index contributed by atoms with van der Waals surface area (Å²) in [7, 11) is -3.64. The first-order valence-electron chi connectivity index (χ1n) is 6.94. The molecule has 1 aliphatic heterocycles. The first kappa shape index (κ1) is 15.1. The molecule has 22 heavy (non-hydrogen) atoms. The zero-order chi connectivity index (χ0) is 15.9. The Kier molecular flexibility index (Phi) is 3.73. The van der Waals surface area contributed by atoms with Gasteiger partial charge in [0.2, 0.25) is 15.9 Å². The molecule has 8 heteroatoms. The fourth-order valence-corrected chi connectivity index (χ4v) is 4.37. The number of hydrogen-bond acceptors (Lipinski definition) is 5. The second-order valence-corrected chi connectivity index (χ2v) is 7.34. The number of sulfonamides is 1. The molecule has 2 heterocycles. The Morgan fingerprint density at radius 1 is 1.36 bits per heavy atom. The molecule has 1 aromatic carbocycles. The molecule has 0 amide bonds. The van der Waals surface area contributed by atoms with E-state index in [4.69, 9.17) is 4.52 Å². The molecule has 0 aliphatic carbocycles. The molecule has 0 unspecified atom stereocenters. The smallest absolute Gasteiger partial charge is 0.243 e. The largest absolute Gasteiger partial charge is 0.339 e. The van der Waals surface area contributed by atoms with Crippen LogP contribution in [0.3, 0.4) is 0 Å². The monoisotopic (exact) mass is 325 g/mol. The Morgan fingerprint density at radius 2 is 2.14 bits per heavy atom. The van der Waals surface area contributed by atoms with Crippen molar-refractivity contribution in [3.63, 3.8) is 0 Å². The zero-order valence-electron chi connectivity index (χ0n) is 12.3. The van der Waals surface area contributed by atoms with E-state index in [9.17, 15) is 12.8 Å². The topological polar surface area (TPSA) is 76.3 Å². The Balaban J connectivity index is 1.85. The molecule has 3 rings (SSSR count). The van der Waals surface area contributed by atoms with E-state index in [2.05, 4.69) is 10.1 Å². The number of aryl methyl sites for hydroxylation is 2. The summed E-state index contributed by atoms with van der Waals surface area (Å²) in [6, 6.07) is 3.70. The highest BCUT2D eigenvalue weighted by atomic mass is 32.2. The van der Waals surface area contributed by atoms with Gasteiger partial charge >= 0.3 is 0 Å². The van der Waals surface area contributed by atoms with Gasteiger partial charge in [0.1, 0.15) is 5.82 Å². The summed E-state index contributed by atoms with van der Waals surface area (Å²) in [6.07, 6.45) is 0.626. The molecule has 118 valence electrons. The zero-order valence-corrected chi connectivity index (χ0v) is 13.1. The van der Waals surface area contributed by atoms with Gasteiger partial charge in [0.05, 0.1) is 10.8 Å². The molecule has 1 aromatic heterocycles. The fourth-order valence-electron chi connectivity index (χ4n) is 2.67. The first-order chi connectivity index (χ1) is 10.4. The molecule has 0 bridgehead atoms. The Labute approximate surface area is 128 Å². The average Bonchev–Trinajstić information content (AvgIpc) is 3.06. The molecule has 2 aromatic rings. The van der Waals surface area contributed by atoms with Gasteiger partial charge in [-0.2, -0.15) is 9.29 Å². The Morgan fingerprint density at radius 3 is 2.77 bits per heavy atom. The van der Waals surface area contributed by atoms with Gasteiger partial charge in [0.25, 0.3) is 0 Å². The van der Waals surface area contributed by atoms with Gasteiger partial charge in [0, 0.05) is 13.1 Å². The minimum absolute atomic E-state index is 0.100. The maximum absolute atomic E-state index is 13.2. The van der Waals surface area contributed by atoms with Crippen LogP contribution in [-0.2, 0) is 10.0 Å². The predicted molar refractivity (Wildman–Crippen MR) is 76.3 cm³/mol. The van der Waals surface area contributed by atoms with Gasteiger partial charge in [-0.05, 0) is 44.0 Å². The van der Waals surface area contributed by atoms with E-state index in [1.165, 1.54) is 16.4 Å². The molecule has 6 nitrogen and oxygen atoms in total. The van der Waals surface area contributed by atoms with Crippen LogP contribution in [0.2, 0.25) is 0 Å². The van der Waals surface area contributed by atoms with Crippen molar-refractivity contribution in [3.05, 3.63) is 41.3 Å². The van der Waals surface area contributed by atoms with Crippen LogP contribution in [0, 0.1) is 19.7 Å². The second kappa shape index (κ2) is 5.44. The van der Waals surface area contributed by atoms with Crippen molar-refractivity contribution in [2.45, 2.75) is 31.1 Å². The van der Waals surface area contributed by atoms with E-state index in [0.29, 0.717) is 36.8 Å². The van der Waals surface area contributed by atoms with E-state index in [-0.39, 0.29) is 10.8 Å². The van der Waals surface area contributed by atoms with Crippen LogP contribution in [-0.4, -0.2) is 36.0 Å². The van der Waals surface area contributed by atoms with E-state index >= 15 is 0 Å². The second-order valence-electron chi connectivity index (χ2n) is 5.44. The highest BCUT2D eigenvalue weighted by Crippen LogP contribution is 2.31. The molecule has 1 atom stereocenters. The Hall–Kier alpha value is -1.80. The van der Waals surface area contributed by atoms with Crippen LogP contribution in [0.4, 0.5) is 4.39 Å². The van der Waals surface area contributed by atoms with Crippen molar-refractivity contribution in [3.8, 4) is 0 Å². The third kappa shape index (κ3) is 2.64. The van der Waals surface area contributed by atoms with E-state index < -0.39 is 15.8 Å². The lowest BCUT2D eigenvalue weighted by molar-refractivity contribution is 0.351. The lowest BCUT2D eigenvalue weighted by atomic mass is 10.1. The van der Waals surface area contributed by atoms with Gasteiger partial charge < -0.3 is 4.52 Å². The van der Waals surface area contributed by atoms with Crippen molar-refractivity contribution in [2.75, 3.05) is 13.1 Å². The maximum Gasteiger partial charge on any atom is 0.243 e. The average molecular weight is 325 g/mol. The van der Waals surface area contributed by atoms with E-state index in [1.807, 2.05) is 0 Å². The SMILES string of the molecule is Cc1noc([C@@H]2CCN(S(=O)(=O)c3ccc(F)cc3C)C2)n1. The molecule has 1 aliphatic rings. The maximum atomic E-state index is 13.2. The van der Waals surface area contributed by atoms with Crippen molar-refractivity contribution < 1.29 is 17.3 Å². The van der Waals surface area contributed by atoms with Gasteiger partial charge in [-0.3, -0.25) is 0 Å². The van der Waals surface area contributed by atoms with Gasteiger partial charge in [0.15, 0.2) is 5.82 Å². The van der Waals surface area contributed by atoms with Crippen LogP contribution < -0.4 is 0 Å². The van der Waals surface area contributed by atoms with Gasteiger partial charge in [-0.25, -0.2) is 12.8 Å². The predicted octanol–water partition coefficient (Wildman–Crippen LogP) is 2.00. The van der Waals surface area contributed by atoms with E-state index in [0.717, 1.165) is 6.07 Å². The summed E-state index contributed by atoms with van der Waals surface area (Å²) in [5.74, 6) is 0.450. The molecule has 0 spiro atoms. The van der Waals surface area contributed by atoms with Crippen molar-refractivity contribution >= 4 is 10.0 Å². The summed E-state index contributed by atoms with van der Waals surface area (Å²) in [5.41, 5.74) is 0.400. The summed E-state index contributed by atoms with van der Waals surface area (Å²) < 4.78 is 45.0. The third-order valence-corrected chi connectivity index (χ3v) is 5.82. The number of hydrogen-bond donors (Lipinski definition) is 0. The van der Waals surface area contributed by atoms with Crippen molar-refractivity contribution in [1.29, 1.82) is 0 Å². The summed E-state index contributed by atoms with van der Waals surface area (Å²) in [6.45, 7) is 3.98. The standard InChI is InChI=1S/C14H16FN3O3S/c1-9-7-12(15)3-4-13(9)22(19,20)18-6-5-11(8-18)14-16-10(2)17-21-14/h3-4,7,11H,5-6,8H2,1-2H3/t11-/m1/s1. The Bertz CT molecular complexity index is 803. The van der Waals surface area contributed by atoms with Crippen LogP contribution in [0.1, 0.15) is 29.6 Å². The van der Waals surface area contributed by atoms with E-state index in [1.54, 1.807) is 13.8 Å². The summed E-state index contributed by atoms with van der Waals surface area (Å²) >= 11 is 0. The number of benzene rings is 1. The summed E-state index contributed by atoms with van der Waals surface area (Å²) in [4.78, 5) is 4.30. The lowest BCUT2D eigenvalue weighted by Gasteiger charge is -2.17. The fraction of sp³-hybridized carbons (Fsp3) is 0.429. The normalized spacial score (nSPS) is 19.7. The van der Waals surface area contributed by atoms with Crippen LogP contribution >= 0.6 is 0 Å². The molecular formula is C14H16FN3O3S. The third-order valence-electron chi connectivity index (χ3n) is 3.80. The number of nitrogens with zero attached hydrogens (tertiary/aromatic N) is 3. The number of aromatic nitrogens is 2. The summed E-state index contributed by atoms with van der Waals surface area (Å²) in [5, 5.41) is 3.73. The van der Waals surface area contributed by atoms with Crippen LogP contribution in [0.25, 0.3) is 0 Å². The minimum Gasteiger partial charge on any atom is -0.339 e. The molecule has 0 radical (unpaired) electrons.